The van der Waals surface area contributed by atoms with Gasteiger partial charge in [0.1, 0.15) is 0 Å². The summed E-state index contributed by atoms with van der Waals surface area (Å²) in [7, 11) is 0. The number of rotatable bonds is 3. The van der Waals surface area contributed by atoms with Crippen LogP contribution >= 0.6 is 11.8 Å². The molecule has 1 saturated carbocycles. The summed E-state index contributed by atoms with van der Waals surface area (Å²) in [4.78, 5) is 0. The maximum Gasteiger partial charge on any atom is 0.00966 e. The first-order chi connectivity index (χ1) is 5.84. The molecule has 1 heterocycles. The van der Waals surface area contributed by atoms with Gasteiger partial charge in [-0.2, -0.15) is 11.8 Å². The van der Waals surface area contributed by atoms with Gasteiger partial charge < -0.3 is 11.1 Å². The lowest BCUT2D eigenvalue weighted by Gasteiger charge is -2.33. The first-order valence-electron chi connectivity index (χ1n) is 4.91. The predicted molar refractivity (Wildman–Crippen MR) is 54.4 cm³/mol. The fourth-order valence-corrected chi connectivity index (χ4v) is 3.19. The van der Waals surface area contributed by atoms with Gasteiger partial charge >= 0.3 is 0 Å². The van der Waals surface area contributed by atoms with Gasteiger partial charge in [0.15, 0.2) is 0 Å². The monoisotopic (exact) mass is 186 g/mol. The molecule has 2 fully saturated rings. The van der Waals surface area contributed by atoms with Gasteiger partial charge in [-0.15, -0.1) is 0 Å². The van der Waals surface area contributed by atoms with Crippen LogP contribution in [0.4, 0.5) is 0 Å². The maximum absolute atomic E-state index is 5.71. The van der Waals surface area contributed by atoms with Crippen LogP contribution in [-0.4, -0.2) is 30.1 Å². The van der Waals surface area contributed by atoms with Crippen molar-refractivity contribution in [2.24, 2.45) is 11.7 Å². The van der Waals surface area contributed by atoms with E-state index in [4.69, 9.17) is 5.73 Å². The molecule has 0 amide bonds. The number of hydrogen-bond donors (Lipinski definition) is 2. The molecule has 3 N–H and O–H groups in total. The number of thioether (sulfide) groups is 1. The van der Waals surface area contributed by atoms with Gasteiger partial charge in [0.2, 0.25) is 0 Å². The van der Waals surface area contributed by atoms with Crippen LogP contribution in [0.2, 0.25) is 0 Å². The van der Waals surface area contributed by atoms with E-state index in [0.29, 0.717) is 6.04 Å². The molecular formula is C9H18N2S. The molecule has 1 aliphatic carbocycles. The first-order valence-corrected chi connectivity index (χ1v) is 6.07. The molecule has 1 atom stereocenters. The number of nitrogens with two attached hydrogens (primary N) is 1. The highest BCUT2D eigenvalue weighted by Gasteiger charge is 2.26. The van der Waals surface area contributed by atoms with Gasteiger partial charge in [-0.1, -0.05) is 0 Å². The van der Waals surface area contributed by atoms with Crippen molar-refractivity contribution in [3.63, 3.8) is 0 Å². The highest BCUT2D eigenvalue weighted by atomic mass is 32.2. The Morgan fingerprint density at radius 3 is 2.83 bits per heavy atom. The Kier molecular flexibility index (Phi) is 2.94. The summed E-state index contributed by atoms with van der Waals surface area (Å²) in [5.41, 5.74) is 5.71. The smallest absolute Gasteiger partial charge is 0.00966 e. The van der Waals surface area contributed by atoms with Crippen molar-refractivity contribution in [3.8, 4) is 0 Å². The Bertz CT molecular complexity index is 139. The van der Waals surface area contributed by atoms with Gasteiger partial charge in [-0.05, 0) is 43.2 Å². The molecule has 12 heavy (non-hydrogen) atoms. The standard InChI is InChI=1S/C9H18N2S/c10-8-3-9(4-8)11-5-7-1-2-12-6-7/h7-9,11H,1-6,10H2. The number of nitrogens with one attached hydrogen (secondary N) is 1. The van der Waals surface area contributed by atoms with Crippen LogP contribution < -0.4 is 11.1 Å². The third-order valence-corrected chi connectivity index (χ3v) is 4.13. The molecule has 0 spiro atoms. The van der Waals surface area contributed by atoms with Crippen LogP contribution in [0.1, 0.15) is 19.3 Å². The van der Waals surface area contributed by atoms with Crippen molar-refractivity contribution >= 4 is 11.8 Å². The van der Waals surface area contributed by atoms with Crippen LogP contribution in [0.3, 0.4) is 0 Å². The molecule has 2 nitrogen and oxygen atoms in total. The fourth-order valence-electron chi connectivity index (χ4n) is 1.91. The van der Waals surface area contributed by atoms with Crippen molar-refractivity contribution < 1.29 is 0 Å². The summed E-state index contributed by atoms with van der Waals surface area (Å²) >= 11 is 2.10. The molecule has 0 radical (unpaired) electrons. The van der Waals surface area contributed by atoms with E-state index in [2.05, 4.69) is 17.1 Å². The SMILES string of the molecule is NC1CC(NCC2CCSC2)C1. The lowest BCUT2D eigenvalue weighted by molar-refractivity contribution is 0.281. The summed E-state index contributed by atoms with van der Waals surface area (Å²) < 4.78 is 0. The molecule has 70 valence electrons. The van der Waals surface area contributed by atoms with Gasteiger partial charge in [0, 0.05) is 12.1 Å². The topological polar surface area (TPSA) is 38.0 Å². The van der Waals surface area contributed by atoms with E-state index >= 15 is 0 Å². The molecule has 1 saturated heterocycles. The van der Waals surface area contributed by atoms with Gasteiger partial charge in [0.05, 0.1) is 0 Å². The van der Waals surface area contributed by atoms with E-state index in [1.807, 2.05) is 0 Å². The first kappa shape index (κ1) is 8.85. The average molecular weight is 186 g/mol. The Labute approximate surface area is 78.7 Å². The van der Waals surface area contributed by atoms with Crippen LogP contribution in [0.5, 0.6) is 0 Å². The molecular weight excluding hydrogens is 168 g/mol. The summed E-state index contributed by atoms with van der Waals surface area (Å²) in [6.45, 7) is 1.23. The molecule has 0 aromatic rings. The van der Waals surface area contributed by atoms with Gasteiger partial charge in [-0.25, -0.2) is 0 Å². The molecule has 0 aromatic heterocycles. The Balaban J connectivity index is 1.56. The highest BCUT2D eigenvalue weighted by Crippen LogP contribution is 2.24. The zero-order chi connectivity index (χ0) is 8.39. The van der Waals surface area contributed by atoms with Crippen LogP contribution in [-0.2, 0) is 0 Å². The van der Waals surface area contributed by atoms with E-state index in [0.717, 1.165) is 12.0 Å². The van der Waals surface area contributed by atoms with Crippen molar-refractivity contribution in [3.05, 3.63) is 0 Å². The van der Waals surface area contributed by atoms with Crippen molar-refractivity contribution in [1.82, 2.24) is 5.32 Å². The van der Waals surface area contributed by atoms with Gasteiger partial charge in [0.25, 0.3) is 0 Å². The molecule has 1 aliphatic heterocycles. The van der Waals surface area contributed by atoms with E-state index in [1.165, 1.54) is 37.3 Å². The highest BCUT2D eigenvalue weighted by molar-refractivity contribution is 7.99. The predicted octanol–water partition coefficient (Wildman–Crippen LogP) is 0.819. The molecule has 0 aromatic carbocycles. The zero-order valence-corrected chi connectivity index (χ0v) is 8.28. The number of hydrogen-bond acceptors (Lipinski definition) is 3. The molecule has 1 unspecified atom stereocenters. The van der Waals surface area contributed by atoms with E-state index in [-0.39, 0.29) is 0 Å². The Hall–Kier alpha value is 0.270. The minimum Gasteiger partial charge on any atom is -0.328 e. The van der Waals surface area contributed by atoms with Crippen molar-refractivity contribution in [2.75, 3.05) is 18.1 Å². The summed E-state index contributed by atoms with van der Waals surface area (Å²) in [5, 5.41) is 3.60. The lowest BCUT2D eigenvalue weighted by Crippen LogP contribution is -2.49. The minimum atomic E-state index is 0.487. The van der Waals surface area contributed by atoms with E-state index in [1.54, 1.807) is 0 Å². The maximum atomic E-state index is 5.71. The average Bonchev–Trinajstić information content (AvgIpc) is 2.47. The van der Waals surface area contributed by atoms with E-state index < -0.39 is 0 Å². The minimum absolute atomic E-state index is 0.487. The second-order valence-electron chi connectivity index (χ2n) is 4.07. The van der Waals surface area contributed by atoms with Gasteiger partial charge in [-0.3, -0.25) is 0 Å². The second-order valence-corrected chi connectivity index (χ2v) is 5.22. The lowest BCUT2D eigenvalue weighted by atomic mass is 9.87. The summed E-state index contributed by atoms with van der Waals surface area (Å²) in [6, 6.07) is 1.23. The molecule has 2 rings (SSSR count). The Morgan fingerprint density at radius 1 is 1.42 bits per heavy atom. The Morgan fingerprint density at radius 2 is 2.25 bits per heavy atom. The molecule has 2 aliphatic rings. The van der Waals surface area contributed by atoms with Crippen LogP contribution in [0, 0.1) is 5.92 Å². The largest absolute Gasteiger partial charge is 0.328 e. The summed E-state index contributed by atoms with van der Waals surface area (Å²) in [5.74, 6) is 3.68. The van der Waals surface area contributed by atoms with E-state index in [9.17, 15) is 0 Å². The second kappa shape index (κ2) is 3.99. The molecule has 3 heteroatoms. The van der Waals surface area contributed by atoms with Crippen molar-refractivity contribution in [1.29, 1.82) is 0 Å². The normalized spacial score (nSPS) is 41.2. The van der Waals surface area contributed by atoms with Crippen LogP contribution in [0.25, 0.3) is 0 Å². The van der Waals surface area contributed by atoms with Crippen molar-refractivity contribution in [2.45, 2.75) is 31.3 Å². The van der Waals surface area contributed by atoms with Crippen LogP contribution in [0.15, 0.2) is 0 Å². The zero-order valence-electron chi connectivity index (χ0n) is 7.46. The summed E-state index contributed by atoms with van der Waals surface area (Å²) in [6.07, 6.45) is 3.80. The quantitative estimate of drug-likeness (QED) is 0.685. The third kappa shape index (κ3) is 2.15. The fraction of sp³-hybridized carbons (Fsp3) is 1.00. The molecule has 0 bridgehead atoms. The third-order valence-electron chi connectivity index (χ3n) is 2.89.